The molecule has 0 amide bonds. The van der Waals surface area contributed by atoms with Crippen LogP contribution in [0, 0.1) is 0 Å². The molecule has 8 heteroatoms. The molecule has 0 N–H and O–H groups in total. The number of hydrogen-bond donors (Lipinski definition) is 0. The van der Waals surface area contributed by atoms with E-state index in [4.69, 9.17) is 14.5 Å². The monoisotopic (exact) mass is 467 g/mol. The van der Waals surface area contributed by atoms with Gasteiger partial charge in [-0.1, -0.05) is 23.9 Å². The first-order chi connectivity index (χ1) is 15.8. The van der Waals surface area contributed by atoms with Crippen LogP contribution in [0.4, 0.5) is 0 Å². The summed E-state index contributed by atoms with van der Waals surface area (Å²) in [6.07, 6.45) is 0. The molecule has 0 radical (unpaired) electrons. The third-order valence-corrected chi connectivity index (χ3v) is 6.74. The molecule has 7 nitrogen and oxygen atoms in total. The maximum Gasteiger partial charge on any atom is 0.262 e. The maximum absolute atomic E-state index is 13.3. The molecular formula is C25H29N3O4S. The van der Waals surface area contributed by atoms with Crippen LogP contribution in [0.3, 0.4) is 0 Å². The summed E-state index contributed by atoms with van der Waals surface area (Å²) in [5.74, 6) is 1.33. The van der Waals surface area contributed by atoms with Gasteiger partial charge in [-0.15, -0.1) is 0 Å². The molecule has 0 saturated heterocycles. The van der Waals surface area contributed by atoms with Gasteiger partial charge in [0.05, 0.1) is 16.7 Å². The van der Waals surface area contributed by atoms with E-state index in [-0.39, 0.29) is 23.9 Å². The number of thioether (sulfide) groups is 1. The van der Waals surface area contributed by atoms with Crippen molar-refractivity contribution in [2.45, 2.75) is 51.5 Å². The van der Waals surface area contributed by atoms with Crippen molar-refractivity contribution in [1.82, 2.24) is 14.5 Å². The number of nitrogens with zero attached hydrogens (tertiary/aromatic N) is 3. The number of carbonyl (C=O) groups is 1. The van der Waals surface area contributed by atoms with Gasteiger partial charge in [0.15, 0.2) is 22.4 Å². The molecule has 174 valence electrons. The third-order valence-electron chi connectivity index (χ3n) is 5.76. The predicted octanol–water partition coefficient (Wildman–Crippen LogP) is 4.22. The standard InChI is InChI=1S/C25H29N3O4S/c1-16(2)27(17(3)4)11-12-28-24(30)19-7-5-6-8-20(19)26-25(28)33-14-21(29)18-9-10-22-23(13-18)32-15-31-22/h5-10,13,16-17H,11-12,14-15H2,1-4H3. The lowest BCUT2D eigenvalue weighted by Crippen LogP contribution is -2.40. The molecular weight excluding hydrogens is 438 g/mol. The first kappa shape index (κ1) is 23.3. The summed E-state index contributed by atoms with van der Waals surface area (Å²) in [5.41, 5.74) is 1.11. The van der Waals surface area contributed by atoms with E-state index < -0.39 is 0 Å². The number of carbonyl (C=O) groups excluding carboxylic acids is 1. The van der Waals surface area contributed by atoms with Gasteiger partial charge in [0.2, 0.25) is 6.79 Å². The van der Waals surface area contributed by atoms with Crippen LogP contribution >= 0.6 is 11.8 Å². The van der Waals surface area contributed by atoms with Crippen LogP contribution in [-0.2, 0) is 6.54 Å². The Kier molecular flexibility index (Phi) is 7.05. The molecule has 0 spiro atoms. The Morgan fingerprint density at radius 2 is 1.82 bits per heavy atom. The smallest absolute Gasteiger partial charge is 0.262 e. The zero-order valence-corrected chi connectivity index (χ0v) is 20.2. The molecule has 0 atom stereocenters. The third kappa shape index (κ3) is 5.07. The Morgan fingerprint density at radius 1 is 1.09 bits per heavy atom. The molecule has 1 aromatic heterocycles. The minimum Gasteiger partial charge on any atom is -0.454 e. The van der Waals surface area contributed by atoms with Crippen LogP contribution in [0.2, 0.25) is 0 Å². The zero-order chi connectivity index (χ0) is 23.5. The second-order valence-corrected chi connectivity index (χ2v) is 9.52. The van der Waals surface area contributed by atoms with Gasteiger partial charge in [-0.05, 0) is 58.0 Å². The van der Waals surface area contributed by atoms with Crippen molar-refractivity contribution >= 4 is 28.4 Å². The fourth-order valence-corrected chi connectivity index (χ4v) is 4.99. The second kappa shape index (κ2) is 9.97. The van der Waals surface area contributed by atoms with Crippen molar-refractivity contribution < 1.29 is 14.3 Å². The van der Waals surface area contributed by atoms with Crippen LogP contribution in [0.1, 0.15) is 38.1 Å². The number of hydrogen-bond acceptors (Lipinski definition) is 7. The van der Waals surface area contributed by atoms with Gasteiger partial charge in [0, 0.05) is 30.7 Å². The summed E-state index contributed by atoms with van der Waals surface area (Å²) in [4.78, 5) is 33.3. The van der Waals surface area contributed by atoms with Crippen molar-refractivity contribution in [2.75, 3.05) is 19.1 Å². The lowest BCUT2D eigenvalue weighted by Gasteiger charge is -2.30. The van der Waals surface area contributed by atoms with E-state index in [0.29, 0.717) is 51.8 Å². The summed E-state index contributed by atoms with van der Waals surface area (Å²) in [7, 11) is 0. The molecule has 0 fully saturated rings. The Morgan fingerprint density at radius 3 is 2.58 bits per heavy atom. The average molecular weight is 468 g/mol. The van der Waals surface area contributed by atoms with E-state index in [9.17, 15) is 9.59 Å². The summed E-state index contributed by atoms with van der Waals surface area (Å²) in [6, 6.07) is 13.3. The number of rotatable bonds is 9. The number of ketones is 1. The fraction of sp³-hybridized carbons (Fsp3) is 0.400. The van der Waals surface area contributed by atoms with Gasteiger partial charge in [0.25, 0.3) is 5.56 Å². The first-order valence-electron chi connectivity index (χ1n) is 11.2. The number of fused-ring (bicyclic) bond motifs is 2. The van der Waals surface area contributed by atoms with Gasteiger partial charge in [-0.25, -0.2) is 4.98 Å². The van der Waals surface area contributed by atoms with E-state index in [1.54, 1.807) is 28.8 Å². The molecule has 1 aliphatic heterocycles. The summed E-state index contributed by atoms with van der Waals surface area (Å²) in [6.45, 7) is 10.0. The highest BCUT2D eigenvalue weighted by Gasteiger charge is 2.19. The van der Waals surface area contributed by atoms with Crippen molar-refractivity contribution in [3.8, 4) is 11.5 Å². The van der Waals surface area contributed by atoms with Gasteiger partial charge >= 0.3 is 0 Å². The highest BCUT2D eigenvalue weighted by atomic mass is 32.2. The van der Waals surface area contributed by atoms with E-state index in [0.717, 1.165) is 6.54 Å². The number of benzene rings is 2. The number of Topliss-reactive ketones (excluding diaryl/α,β-unsaturated/α-hetero) is 1. The topological polar surface area (TPSA) is 73.7 Å². The van der Waals surface area contributed by atoms with Crippen molar-refractivity contribution in [3.63, 3.8) is 0 Å². The highest BCUT2D eigenvalue weighted by Crippen LogP contribution is 2.33. The molecule has 0 aliphatic carbocycles. The normalized spacial score (nSPS) is 12.9. The highest BCUT2D eigenvalue weighted by molar-refractivity contribution is 7.99. The molecule has 2 heterocycles. The second-order valence-electron chi connectivity index (χ2n) is 8.57. The van der Waals surface area contributed by atoms with E-state index in [1.807, 2.05) is 18.2 Å². The van der Waals surface area contributed by atoms with E-state index >= 15 is 0 Å². The number of para-hydroxylation sites is 1. The lowest BCUT2D eigenvalue weighted by molar-refractivity contribution is 0.102. The van der Waals surface area contributed by atoms with Gasteiger partial charge < -0.3 is 9.47 Å². The predicted molar refractivity (Wildman–Crippen MR) is 131 cm³/mol. The van der Waals surface area contributed by atoms with Gasteiger partial charge in [-0.2, -0.15) is 0 Å². The van der Waals surface area contributed by atoms with Gasteiger partial charge in [-0.3, -0.25) is 19.1 Å². The summed E-state index contributed by atoms with van der Waals surface area (Å²) < 4.78 is 12.4. The van der Waals surface area contributed by atoms with E-state index in [2.05, 4.69) is 32.6 Å². The number of ether oxygens (including phenoxy) is 2. The zero-order valence-electron chi connectivity index (χ0n) is 19.4. The SMILES string of the molecule is CC(C)N(CCn1c(SCC(=O)c2ccc3c(c2)OCO3)nc2ccccc2c1=O)C(C)C. The van der Waals surface area contributed by atoms with E-state index in [1.165, 1.54) is 11.8 Å². The molecule has 0 saturated carbocycles. The minimum absolute atomic E-state index is 0.0572. The quantitative estimate of drug-likeness (QED) is 0.265. The summed E-state index contributed by atoms with van der Waals surface area (Å²) >= 11 is 1.29. The molecule has 0 bridgehead atoms. The molecule has 0 unspecified atom stereocenters. The van der Waals surface area contributed by atoms with Crippen LogP contribution in [0.25, 0.3) is 10.9 Å². The Labute approximate surface area is 197 Å². The number of aromatic nitrogens is 2. The van der Waals surface area contributed by atoms with Crippen molar-refractivity contribution in [2.24, 2.45) is 0 Å². The molecule has 1 aliphatic rings. The molecule has 33 heavy (non-hydrogen) atoms. The first-order valence-corrected chi connectivity index (χ1v) is 12.1. The molecule has 3 aromatic rings. The van der Waals surface area contributed by atoms with Crippen LogP contribution in [0.5, 0.6) is 11.5 Å². The van der Waals surface area contributed by atoms with Crippen molar-refractivity contribution in [1.29, 1.82) is 0 Å². The molecule has 4 rings (SSSR count). The minimum atomic E-state index is -0.0777. The van der Waals surface area contributed by atoms with Crippen LogP contribution < -0.4 is 15.0 Å². The fourth-order valence-electron chi connectivity index (χ4n) is 4.07. The lowest BCUT2D eigenvalue weighted by atomic mass is 10.1. The Bertz CT molecular complexity index is 1210. The Balaban J connectivity index is 1.59. The maximum atomic E-state index is 13.3. The Hall–Kier alpha value is -2.84. The largest absolute Gasteiger partial charge is 0.454 e. The van der Waals surface area contributed by atoms with Crippen LogP contribution in [0.15, 0.2) is 52.4 Å². The van der Waals surface area contributed by atoms with Crippen molar-refractivity contribution in [3.05, 3.63) is 58.4 Å². The average Bonchev–Trinajstić information content (AvgIpc) is 3.26. The van der Waals surface area contributed by atoms with Gasteiger partial charge in [0.1, 0.15) is 0 Å². The molecule has 2 aromatic carbocycles. The summed E-state index contributed by atoms with van der Waals surface area (Å²) in [5, 5.41) is 1.14. The van der Waals surface area contributed by atoms with Crippen LogP contribution in [-0.4, -0.2) is 51.4 Å².